The Morgan fingerprint density at radius 3 is 2.47 bits per heavy atom. The molecule has 3 heteroatoms. The molecule has 1 saturated heterocycles. The second-order valence-corrected chi connectivity index (χ2v) is 11.3. The summed E-state index contributed by atoms with van der Waals surface area (Å²) in [6, 6.07) is 0. The monoisotopic (exact) mass is 256 g/mol. The molecule has 0 saturated carbocycles. The minimum Gasteiger partial charge on any atom is -0.353 e. The van der Waals surface area contributed by atoms with Gasteiger partial charge < -0.3 is 9.47 Å². The van der Waals surface area contributed by atoms with Gasteiger partial charge in [-0.3, -0.25) is 0 Å². The van der Waals surface area contributed by atoms with Crippen molar-refractivity contribution >= 4 is 8.07 Å². The van der Waals surface area contributed by atoms with Crippen molar-refractivity contribution in [2.75, 3.05) is 13.2 Å². The van der Waals surface area contributed by atoms with E-state index in [2.05, 4.69) is 33.5 Å². The number of hydrogen-bond donors (Lipinski definition) is 0. The lowest BCUT2D eigenvalue weighted by molar-refractivity contribution is -0.161. The normalized spacial score (nSPS) is 23.5. The van der Waals surface area contributed by atoms with E-state index >= 15 is 0 Å². The molecule has 0 aromatic heterocycles. The summed E-state index contributed by atoms with van der Waals surface area (Å²) in [6.45, 7) is 13.4. The quantitative estimate of drug-likeness (QED) is 0.689. The molecule has 0 aliphatic carbocycles. The van der Waals surface area contributed by atoms with Gasteiger partial charge in [0.05, 0.1) is 14.7 Å². The van der Waals surface area contributed by atoms with Gasteiger partial charge in [-0.2, -0.15) is 0 Å². The van der Waals surface area contributed by atoms with Crippen LogP contribution in [0.2, 0.25) is 19.6 Å². The SMILES string of the molecule is C/C(CCOC1CCCCO1)=C(/C)[Si](C)(C)C. The van der Waals surface area contributed by atoms with Gasteiger partial charge in [-0.15, -0.1) is 0 Å². The average Bonchev–Trinajstić information content (AvgIpc) is 2.28. The summed E-state index contributed by atoms with van der Waals surface area (Å²) in [4.78, 5) is 0. The lowest BCUT2D eigenvalue weighted by Crippen LogP contribution is -2.25. The number of allylic oxidation sites excluding steroid dienone is 1. The van der Waals surface area contributed by atoms with Gasteiger partial charge in [-0.05, 0) is 39.5 Å². The molecule has 100 valence electrons. The molecule has 17 heavy (non-hydrogen) atoms. The van der Waals surface area contributed by atoms with Crippen molar-refractivity contribution in [1.82, 2.24) is 0 Å². The molecule has 0 amide bonds. The fourth-order valence-corrected chi connectivity index (χ4v) is 3.42. The zero-order valence-electron chi connectivity index (χ0n) is 12.1. The standard InChI is InChI=1S/C14H28O2Si/c1-12(13(2)17(3,4)5)9-11-16-14-8-6-7-10-15-14/h14H,6-11H2,1-5H3/b13-12+. The molecule has 0 bridgehead atoms. The molecule has 1 aliphatic heterocycles. The summed E-state index contributed by atoms with van der Waals surface area (Å²) in [5.74, 6) is 0. The Morgan fingerprint density at radius 2 is 1.94 bits per heavy atom. The van der Waals surface area contributed by atoms with E-state index in [0.717, 1.165) is 26.1 Å². The van der Waals surface area contributed by atoms with Crippen molar-refractivity contribution in [2.24, 2.45) is 0 Å². The molecule has 0 radical (unpaired) electrons. The average molecular weight is 256 g/mol. The van der Waals surface area contributed by atoms with Crippen LogP contribution in [-0.4, -0.2) is 27.6 Å². The Labute approximate surface area is 107 Å². The topological polar surface area (TPSA) is 18.5 Å². The van der Waals surface area contributed by atoms with E-state index in [1.54, 1.807) is 5.20 Å². The van der Waals surface area contributed by atoms with Gasteiger partial charge in [0.25, 0.3) is 0 Å². The van der Waals surface area contributed by atoms with Crippen LogP contribution in [-0.2, 0) is 9.47 Å². The van der Waals surface area contributed by atoms with Crippen LogP contribution >= 0.6 is 0 Å². The maximum absolute atomic E-state index is 5.78. The van der Waals surface area contributed by atoms with E-state index in [4.69, 9.17) is 9.47 Å². The zero-order valence-corrected chi connectivity index (χ0v) is 13.1. The molecular formula is C14H28O2Si. The van der Waals surface area contributed by atoms with E-state index < -0.39 is 8.07 Å². The molecular weight excluding hydrogens is 228 g/mol. The molecule has 1 rings (SSSR count). The van der Waals surface area contributed by atoms with Crippen LogP contribution in [0.3, 0.4) is 0 Å². The van der Waals surface area contributed by atoms with Crippen LogP contribution in [0.4, 0.5) is 0 Å². The van der Waals surface area contributed by atoms with Crippen molar-refractivity contribution in [3.63, 3.8) is 0 Å². The van der Waals surface area contributed by atoms with Crippen molar-refractivity contribution in [2.45, 2.75) is 65.5 Å². The minimum atomic E-state index is -1.12. The highest BCUT2D eigenvalue weighted by Gasteiger charge is 2.18. The second kappa shape index (κ2) is 6.71. The van der Waals surface area contributed by atoms with Crippen LogP contribution in [0.1, 0.15) is 39.5 Å². The molecule has 0 N–H and O–H groups in total. The first-order valence-electron chi connectivity index (χ1n) is 6.81. The van der Waals surface area contributed by atoms with Gasteiger partial charge in [0.15, 0.2) is 6.29 Å². The highest BCUT2D eigenvalue weighted by molar-refractivity contribution is 6.83. The highest BCUT2D eigenvalue weighted by atomic mass is 28.3. The largest absolute Gasteiger partial charge is 0.353 e. The Bertz CT molecular complexity index is 260. The van der Waals surface area contributed by atoms with Crippen LogP contribution in [0.5, 0.6) is 0 Å². The first-order chi connectivity index (χ1) is 7.91. The van der Waals surface area contributed by atoms with Gasteiger partial charge in [0, 0.05) is 6.61 Å². The molecule has 1 aliphatic rings. The number of hydrogen-bond acceptors (Lipinski definition) is 2. The predicted octanol–water partition coefficient (Wildman–Crippen LogP) is 4.13. The van der Waals surface area contributed by atoms with E-state index in [1.807, 2.05) is 0 Å². The summed E-state index contributed by atoms with van der Waals surface area (Å²) in [5.41, 5.74) is 1.51. The summed E-state index contributed by atoms with van der Waals surface area (Å²) in [5, 5.41) is 1.62. The third-order valence-corrected chi connectivity index (χ3v) is 6.36. The Kier molecular flexibility index (Phi) is 5.90. The lowest BCUT2D eigenvalue weighted by atomic mass is 10.2. The van der Waals surface area contributed by atoms with Crippen molar-refractivity contribution in [3.8, 4) is 0 Å². The van der Waals surface area contributed by atoms with E-state index in [-0.39, 0.29) is 6.29 Å². The van der Waals surface area contributed by atoms with Crippen LogP contribution in [0.15, 0.2) is 10.8 Å². The van der Waals surface area contributed by atoms with Gasteiger partial charge in [0.2, 0.25) is 0 Å². The van der Waals surface area contributed by atoms with Crippen LogP contribution in [0.25, 0.3) is 0 Å². The maximum atomic E-state index is 5.78. The zero-order chi connectivity index (χ0) is 12.9. The Hall–Kier alpha value is -0.123. The summed E-state index contributed by atoms with van der Waals surface area (Å²) in [6.07, 6.45) is 4.61. The molecule has 1 unspecified atom stereocenters. The fraction of sp³-hybridized carbons (Fsp3) is 0.857. The number of ether oxygens (including phenoxy) is 2. The first-order valence-corrected chi connectivity index (χ1v) is 10.3. The number of rotatable bonds is 5. The third-order valence-electron chi connectivity index (χ3n) is 3.68. The van der Waals surface area contributed by atoms with E-state index in [0.29, 0.717) is 0 Å². The molecule has 1 atom stereocenters. The van der Waals surface area contributed by atoms with Gasteiger partial charge in [-0.1, -0.05) is 30.4 Å². The first kappa shape index (κ1) is 14.9. The Morgan fingerprint density at radius 1 is 1.24 bits per heavy atom. The molecule has 0 aromatic carbocycles. The minimum absolute atomic E-state index is 0.0590. The molecule has 1 fully saturated rings. The van der Waals surface area contributed by atoms with Crippen molar-refractivity contribution < 1.29 is 9.47 Å². The van der Waals surface area contributed by atoms with Crippen LogP contribution < -0.4 is 0 Å². The van der Waals surface area contributed by atoms with Crippen molar-refractivity contribution in [3.05, 3.63) is 10.8 Å². The lowest BCUT2D eigenvalue weighted by Gasteiger charge is -2.24. The molecule has 2 nitrogen and oxygen atoms in total. The Balaban J connectivity index is 2.30. The predicted molar refractivity (Wildman–Crippen MR) is 75.9 cm³/mol. The highest BCUT2D eigenvalue weighted by Crippen LogP contribution is 2.20. The van der Waals surface area contributed by atoms with Crippen molar-refractivity contribution in [1.29, 1.82) is 0 Å². The summed E-state index contributed by atoms with van der Waals surface area (Å²) < 4.78 is 11.3. The smallest absolute Gasteiger partial charge is 0.157 e. The maximum Gasteiger partial charge on any atom is 0.157 e. The molecule has 0 spiro atoms. The summed E-state index contributed by atoms with van der Waals surface area (Å²) >= 11 is 0. The molecule has 0 aromatic rings. The van der Waals surface area contributed by atoms with E-state index in [1.165, 1.54) is 18.4 Å². The fourth-order valence-electron chi connectivity index (χ4n) is 2.01. The van der Waals surface area contributed by atoms with E-state index in [9.17, 15) is 0 Å². The van der Waals surface area contributed by atoms with Crippen LogP contribution in [0, 0.1) is 0 Å². The second-order valence-electron chi connectivity index (χ2n) is 6.07. The summed E-state index contributed by atoms with van der Waals surface area (Å²) in [7, 11) is -1.12. The third kappa shape index (κ3) is 5.36. The van der Waals surface area contributed by atoms with Gasteiger partial charge >= 0.3 is 0 Å². The van der Waals surface area contributed by atoms with Gasteiger partial charge in [0.1, 0.15) is 0 Å². The van der Waals surface area contributed by atoms with Gasteiger partial charge in [-0.25, -0.2) is 0 Å². The molecule has 1 heterocycles.